The number of likely N-dealkylation sites (N-methyl/N-ethyl adjacent to an activating group) is 1. The Kier molecular flexibility index (Phi) is 8.32. The molecule has 0 aromatic heterocycles. The van der Waals surface area contributed by atoms with E-state index in [1.807, 2.05) is 13.8 Å². The van der Waals surface area contributed by atoms with Gasteiger partial charge < -0.3 is 15.1 Å². The minimum Gasteiger partial charge on any atom is -0.481 e. The summed E-state index contributed by atoms with van der Waals surface area (Å²) in [5.74, 6) is -1.49. The number of nitrogens with zero attached hydrogens (tertiary/aromatic N) is 2. The van der Waals surface area contributed by atoms with Gasteiger partial charge in [-0.05, 0) is 13.8 Å². The van der Waals surface area contributed by atoms with Crippen LogP contribution in [-0.4, -0.2) is 71.2 Å². The Morgan fingerprint density at radius 1 is 1.22 bits per heavy atom. The van der Waals surface area contributed by atoms with E-state index in [0.717, 1.165) is 0 Å². The first-order valence-corrected chi connectivity index (χ1v) is 6.29. The molecule has 2 N–H and O–H groups in total. The Balaban J connectivity index is 4.42. The molecule has 0 aliphatic carbocycles. The van der Waals surface area contributed by atoms with Gasteiger partial charge >= 0.3 is 5.97 Å². The molecule has 0 fully saturated rings. The van der Waals surface area contributed by atoms with Crippen molar-refractivity contribution in [3.05, 3.63) is 0 Å². The predicted octanol–water partition coefficient (Wildman–Crippen LogP) is -0.130. The first kappa shape index (κ1) is 16.9. The summed E-state index contributed by atoms with van der Waals surface area (Å²) in [4.78, 5) is 26.1. The molecular weight excluding hydrogens is 236 g/mol. The Bertz CT molecular complexity index is 267. The number of carboxylic acid groups (broad SMARTS) is 1. The van der Waals surface area contributed by atoms with Crippen molar-refractivity contribution in [3.8, 4) is 0 Å². The highest BCUT2D eigenvalue weighted by Crippen LogP contribution is 2.01. The van der Waals surface area contributed by atoms with Crippen LogP contribution in [0.1, 0.15) is 20.8 Å². The second-order valence-electron chi connectivity index (χ2n) is 4.26. The zero-order valence-electron chi connectivity index (χ0n) is 11.4. The van der Waals surface area contributed by atoms with Gasteiger partial charge in [0.25, 0.3) is 0 Å². The van der Waals surface area contributed by atoms with Crippen LogP contribution in [0.4, 0.5) is 0 Å². The van der Waals surface area contributed by atoms with Crippen LogP contribution < -0.4 is 0 Å². The fourth-order valence-corrected chi connectivity index (χ4v) is 1.71. The maximum Gasteiger partial charge on any atom is 0.307 e. The minimum atomic E-state index is -0.895. The molecule has 6 heteroatoms. The van der Waals surface area contributed by atoms with Gasteiger partial charge in [-0.25, -0.2) is 0 Å². The number of carbonyl (C=O) groups is 2. The summed E-state index contributed by atoms with van der Waals surface area (Å²) in [7, 11) is 0. The van der Waals surface area contributed by atoms with Crippen LogP contribution >= 0.6 is 0 Å². The Labute approximate surface area is 108 Å². The molecule has 0 radical (unpaired) electrons. The van der Waals surface area contributed by atoms with Gasteiger partial charge in [0.15, 0.2) is 0 Å². The van der Waals surface area contributed by atoms with E-state index in [1.54, 1.807) is 16.7 Å². The van der Waals surface area contributed by atoms with E-state index in [9.17, 15) is 9.59 Å². The van der Waals surface area contributed by atoms with Crippen LogP contribution in [0.25, 0.3) is 0 Å². The molecular formula is C12H24N2O4. The van der Waals surface area contributed by atoms with Gasteiger partial charge in [-0.15, -0.1) is 0 Å². The Morgan fingerprint density at radius 3 is 2.17 bits per heavy atom. The molecule has 0 rings (SSSR count). The van der Waals surface area contributed by atoms with Crippen molar-refractivity contribution in [1.82, 2.24) is 9.80 Å². The van der Waals surface area contributed by atoms with Crippen molar-refractivity contribution in [2.75, 3.05) is 39.3 Å². The number of carbonyl (C=O) groups excluding carboxylic acids is 1. The molecule has 1 amide bonds. The lowest BCUT2D eigenvalue weighted by Gasteiger charge is -2.26. The van der Waals surface area contributed by atoms with Crippen molar-refractivity contribution < 1.29 is 19.8 Å². The third-order valence-electron chi connectivity index (χ3n) is 2.84. The average molecular weight is 260 g/mol. The molecule has 1 unspecified atom stereocenters. The number of hydrogen-bond acceptors (Lipinski definition) is 4. The van der Waals surface area contributed by atoms with E-state index in [1.165, 1.54) is 0 Å². The summed E-state index contributed by atoms with van der Waals surface area (Å²) >= 11 is 0. The molecule has 0 aromatic carbocycles. The molecule has 0 spiro atoms. The van der Waals surface area contributed by atoms with Crippen molar-refractivity contribution in [2.45, 2.75) is 20.8 Å². The van der Waals surface area contributed by atoms with E-state index in [0.29, 0.717) is 19.6 Å². The largest absolute Gasteiger partial charge is 0.481 e. The SMILES string of the molecule is CCN(CC)C(=O)CN(CCO)CC(C)C(=O)O. The second-order valence-corrected chi connectivity index (χ2v) is 4.26. The lowest BCUT2D eigenvalue weighted by atomic mass is 10.1. The molecule has 6 nitrogen and oxygen atoms in total. The smallest absolute Gasteiger partial charge is 0.307 e. The van der Waals surface area contributed by atoms with Crippen molar-refractivity contribution in [3.63, 3.8) is 0 Å². The van der Waals surface area contributed by atoms with Crippen LogP contribution in [-0.2, 0) is 9.59 Å². The summed E-state index contributed by atoms with van der Waals surface area (Å²) in [6.07, 6.45) is 0. The highest BCUT2D eigenvalue weighted by molar-refractivity contribution is 5.78. The highest BCUT2D eigenvalue weighted by atomic mass is 16.4. The zero-order valence-corrected chi connectivity index (χ0v) is 11.4. The fourth-order valence-electron chi connectivity index (χ4n) is 1.71. The van der Waals surface area contributed by atoms with E-state index >= 15 is 0 Å². The topological polar surface area (TPSA) is 81.1 Å². The van der Waals surface area contributed by atoms with Crippen molar-refractivity contribution >= 4 is 11.9 Å². The van der Waals surface area contributed by atoms with Crippen LogP contribution in [0.3, 0.4) is 0 Å². The van der Waals surface area contributed by atoms with Crippen LogP contribution in [0.2, 0.25) is 0 Å². The average Bonchev–Trinajstić information content (AvgIpc) is 2.30. The third kappa shape index (κ3) is 5.97. The molecule has 0 heterocycles. The van der Waals surface area contributed by atoms with Gasteiger partial charge in [-0.3, -0.25) is 14.5 Å². The molecule has 0 saturated carbocycles. The first-order valence-electron chi connectivity index (χ1n) is 6.29. The highest BCUT2D eigenvalue weighted by Gasteiger charge is 2.19. The number of hydrogen-bond donors (Lipinski definition) is 2. The minimum absolute atomic E-state index is 0.0361. The fraction of sp³-hybridized carbons (Fsp3) is 0.833. The van der Waals surface area contributed by atoms with E-state index in [2.05, 4.69) is 0 Å². The number of amides is 1. The zero-order chi connectivity index (χ0) is 14.1. The lowest BCUT2D eigenvalue weighted by molar-refractivity contribution is -0.142. The van der Waals surface area contributed by atoms with Crippen LogP contribution in [0.15, 0.2) is 0 Å². The number of carboxylic acids is 1. The Hall–Kier alpha value is -1.14. The third-order valence-corrected chi connectivity index (χ3v) is 2.84. The van der Waals surface area contributed by atoms with Gasteiger partial charge in [0, 0.05) is 26.2 Å². The summed E-state index contributed by atoms with van der Waals surface area (Å²) < 4.78 is 0. The predicted molar refractivity (Wildman–Crippen MR) is 68.3 cm³/mol. The second kappa shape index (κ2) is 8.88. The van der Waals surface area contributed by atoms with E-state index in [-0.39, 0.29) is 25.6 Å². The monoisotopic (exact) mass is 260 g/mol. The summed E-state index contributed by atoms with van der Waals surface area (Å²) in [5.41, 5.74) is 0. The summed E-state index contributed by atoms with van der Waals surface area (Å²) in [5, 5.41) is 17.8. The summed E-state index contributed by atoms with van der Waals surface area (Å²) in [6.45, 7) is 7.31. The maximum atomic E-state index is 11.9. The van der Waals surface area contributed by atoms with Crippen molar-refractivity contribution in [1.29, 1.82) is 0 Å². The van der Waals surface area contributed by atoms with Crippen molar-refractivity contribution in [2.24, 2.45) is 5.92 Å². The summed E-state index contributed by atoms with van der Waals surface area (Å²) in [6, 6.07) is 0. The molecule has 0 aliphatic rings. The maximum absolute atomic E-state index is 11.9. The number of aliphatic hydroxyl groups is 1. The van der Waals surface area contributed by atoms with Gasteiger partial charge in [0.05, 0.1) is 19.1 Å². The molecule has 0 saturated heterocycles. The lowest BCUT2D eigenvalue weighted by Crippen LogP contribution is -2.43. The molecule has 1 atom stereocenters. The van der Waals surface area contributed by atoms with Gasteiger partial charge in [0.1, 0.15) is 0 Å². The molecule has 0 aromatic rings. The van der Waals surface area contributed by atoms with Gasteiger partial charge in [-0.1, -0.05) is 6.92 Å². The number of rotatable bonds is 9. The van der Waals surface area contributed by atoms with Gasteiger partial charge in [-0.2, -0.15) is 0 Å². The molecule has 106 valence electrons. The van der Waals surface area contributed by atoms with Crippen LogP contribution in [0, 0.1) is 5.92 Å². The number of aliphatic carboxylic acids is 1. The Morgan fingerprint density at radius 2 is 1.78 bits per heavy atom. The van der Waals surface area contributed by atoms with Gasteiger partial charge in [0.2, 0.25) is 5.91 Å². The normalized spacial score (nSPS) is 12.5. The van der Waals surface area contributed by atoms with Crippen LogP contribution in [0.5, 0.6) is 0 Å². The molecule has 18 heavy (non-hydrogen) atoms. The van der Waals surface area contributed by atoms with E-state index < -0.39 is 11.9 Å². The first-order chi connectivity index (χ1) is 8.46. The quantitative estimate of drug-likeness (QED) is 0.603. The van der Waals surface area contributed by atoms with E-state index in [4.69, 9.17) is 10.2 Å². The molecule has 0 aliphatic heterocycles. The number of aliphatic hydroxyl groups excluding tert-OH is 1. The standard InChI is InChI=1S/C12H24N2O4/c1-4-14(5-2)11(16)9-13(6-7-15)8-10(3)12(17)18/h10,15H,4-9H2,1-3H3,(H,17,18). The molecule has 0 bridgehead atoms.